The van der Waals surface area contributed by atoms with E-state index in [2.05, 4.69) is 9.62 Å². The van der Waals surface area contributed by atoms with Crippen molar-refractivity contribution in [1.82, 2.24) is 9.62 Å². The van der Waals surface area contributed by atoms with Gasteiger partial charge in [0, 0.05) is 19.7 Å². The minimum Gasteiger partial charge on any atom is -0.497 e. The zero-order valence-electron chi connectivity index (χ0n) is 18.2. The second-order valence-corrected chi connectivity index (χ2v) is 9.32. The lowest BCUT2D eigenvalue weighted by Crippen LogP contribution is -2.40. The number of nitrogens with one attached hydrogen (secondary N) is 1. The van der Waals surface area contributed by atoms with Gasteiger partial charge in [-0.2, -0.15) is 0 Å². The molecule has 2 aromatic carbocycles. The SMILES string of the molecule is COCCOc1ccc(S(=O)(=O)NCC(c2ccc(OC)cc2)N2CCCCC2)cc1. The molecule has 0 radical (unpaired) electrons. The number of piperidine rings is 1. The first-order chi connectivity index (χ1) is 15.0. The van der Waals surface area contributed by atoms with E-state index in [9.17, 15) is 8.42 Å². The molecule has 0 saturated carbocycles. The first-order valence-electron chi connectivity index (χ1n) is 10.6. The van der Waals surface area contributed by atoms with Gasteiger partial charge in [-0.25, -0.2) is 13.1 Å². The number of hydrogen-bond acceptors (Lipinski definition) is 6. The van der Waals surface area contributed by atoms with E-state index in [-0.39, 0.29) is 10.9 Å². The molecule has 31 heavy (non-hydrogen) atoms. The Morgan fingerprint density at radius 1 is 0.903 bits per heavy atom. The molecule has 1 saturated heterocycles. The van der Waals surface area contributed by atoms with Crippen LogP contribution in [-0.4, -0.2) is 60.4 Å². The minimum absolute atomic E-state index is 0.0300. The van der Waals surface area contributed by atoms with Gasteiger partial charge in [-0.05, 0) is 67.9 Å². The molecule has 1 N–H and O–H groups in total. The summed E-state index contributed by atoms with van der Waals surface area (Å²) in [6.07, 6.45) is 3.48. The van der Waals surface area contributed by atoms with Crippen LogP contribution in [0.15, 0.2) is 53.4 Å². The molecular formula is C23H32N2O5S. The minimum atomic E-state index is -3.64. The van der Waals surface area contributed by atoms with Crippen molar-refractivity contribution >= 4 is 10.0 Å². The summed E-state index contributed by atoms with van der Waals surface area (Å²) >= 11 is 0. The Kier molecular flexibility index (Phi) is 8.71. The van der Waals surface area contributed by atoms with Crippen LogP contribution in [0.5, 0.6) is 11.5 Å². The zero-order valence-corrected chi connectivity index (χ0v) is 19.1. The summed E-state index contributed by atoms with van der Waals surface area (Å²) in [5.41, 5.74) is 1.08. The Labute approximate surface area is 185 Å². The van der Waals surface area contributed by atoms with Crippen LogP contribution in [0.25, 0.3) is 0 Å². The molecule has 1 unspecified atom stereocenters. The Morgan fingerprint density at radius 3 is 2.16 bits per heavy atom. The van der Waals surface area contributed by atoms with Gasteiger partial charge in [-0.15, -0.1) is 0 Å². The van der Waals surface area contributed by atoms with Crippen LogP contribution < -0.4 is 14.2 Å². The number of ether oxygens (including phenoxy) is 3. The molecule has 1 heterocycles. The number of sulfonamides is 1. The number of methoxy groups -OCH3 is 2. The van der Waals surface area contributed by atoms with Gasteiger partial charge in [0.15, 0.2) is 0 Å². The van der Waals surface area contributed by atoms with Crippen molar-refractivity contribution < 1.29 is 22.6 Å². The molecule has 0 aromatic heterocycles. The predicted molar refractivity (Wildman–Crippen MR) is 120 cm³/mol. The second-order valence-electron chi connectivity index (χ2n) is 7.55. The van der Waals surface area contributed by atoms with E-state index in [1.54, 1.807) is 38.5 Å². The van der Waals surface area contributed by atoms with Crippen LogP contribution in [0.3, 0.4) is 0 Å². The summed E-state index contributed by atoms with van der Waals surface area (Å²) in [5, 5.41) is 0. The van der Waals surface area contributed by atoms with Crippen LogP contribution in [-0.2, 0) is 14.8 Å². The largest absolute Gasteiger partial charge is 0.497 e. The summed E-state index contributed by atoms with van der Waals surface area (Å²) < 4.78 is 44.4. The van der Waals surface area contributed by atoms with Gasteiger partial charge in [-0.3, -0.25) is 4.90 Å². The third-order valence-corrected chi connectivity index (χ3v) is 6.93. The van der Waals surface area contributed by atoms with Crippen LogP contribution in [0.1, 0.15) is 30.9 Å². The highest BCUT2D eigenvalue weighted by Gasteiger charge is 2.25. The monoisotopic (exact) mass is 448 g/mol. The first-order valence-corrected chi connectivity index (χ1v) is 12.1. The lowest BCUT2D eigenvalue weighted by atomic mass is 10.0. The van der Waals surface area contributed by atoms with Gasteiger partial charge < -0.3 is 14.2 Å². The Hall–Kier alpha value is -2.13. The van der Waals surface area contributed by atoms with Crippen LogP contribution in [0.4, 0.5) is 0 Å². The molecule has 2 aromatic rings. The fraction of sp³-hybridized carbons (Fsp3) is 0.478. The molecule has 0 bridgehead atoms. The normalized spacial score (nSPS) is 16.1. The smallest absolute Gasteiger partial charge is 0.240 e. The fourth-order valence-electron chi connectivity index (χ4n) is 3.74. The third-order valence-electron chi connectivity index (χ3n) is 5.49. The average molecular weight is 449 g/mol. The van der Waals surface area contributed by atoms with Crippen LogP contribution >= 0.6 is 0 Å². The zero-order chi connectivity index (χ0) is 22.1. The lowest BCUT2D eigenvalue weighted by molar-refractivity contribution is 0.146. The van der Waals surface area contributed by atoms with Crippen molar-refractivity contribution in [3.63, 3.8) is 0 Å². The standard InChI is InChI=1S/C23H32N2O5S/c1-28-16-17-30-21-10-12-22(13-11-21)31(26,27)24-18-23(25-14-4-3-5-15-25)19-6-8-20(29-2)9-7-19/h6-13,23-24H,3-5,14-18H2,1-2H3. The van der Waals surface area contributed by atoms with Crippen molar-refractivity contribution in [3.8, 4) is 11.5 Å². The molecule has 8 heteroatoms. The van der Waals surface area contributed by atoms with Crippen molar-refractivity contribution in [2.24, 2.45) is 0 Å². The van der Waals surface area contributed by atoms with Gasteiger partial charge in [-0.1, -0.05) is 18.6 Å². The molecule has 170 valence electrons. The number of rotatable bonds is 11. The highest BCUT2D eigenvalue weighted by molar-refractivity contribution is 7.89. The van der Waals surface area contributed by atoms with E-state index in [1.165, 1.54) is 6.42 Å². The molecule has 3 rings (SSSR count). The van der Waals surface area contributed by atoms with Gasteiger partial charge in [0.1, 0.15) is 18.1 Å². The number of benzene rings is 2. The van der Waals surface area contributed by atoms with Gasteiger partial charge in [0.2, 0.25) is 10.0 Å². The van der Waals surface area contributed by atoms with Crippen LogP contribution in [0.2, 0.25) is 0 Å². The maximum atomic E-state index is 12.9. The molecule has 0 aliphatic carbocycles. The number of nitrogens with zero attached hydrogens (tertiary/aromatic N) is 1. The first kappa shape index (κ1) is 23.5. The number of hydrogen-bond donors (Lipinski definition) is 1. The molecule has 1 fully saturated rings. The highest BCUT2D eigenvalue weighted by Crippen LogP contribution is 2.26. The van der Waals surface area contributed by atoms with Crippen molar-refractivity contribution in [2.45, 2.75) is 30.2 Å². The second kappa shape index (κ2) is 11.5. The lowest BCUT2D eigenvalue weighted by Gasteiger charge is -2.35. The Morgan fingerprint density at radius 2 is 1.55 bits per heavy atom. The summed E-state index contributed by atoms with van der Waals surface area (Å²) in [5.74, 6) is 1.40. The quantitative estimate of drug-likeness (QED) is 0.532. The maximum Gasteiger partial charge on any atom is 0.240 e. The van der Waals surface area contributed by atoms with Crippen molar-refractivity contribution in [1.29, 1.82) is 0 Å². The molecule has 1 aliphatic rings. The summed E-state index contributed by atoms with van der Waals surface area (Å²) in [4.78, 5) is 2.58. The Bertz CT molecular complexity index is 895. The summed E-state index contributed by atoms with van der Waals surface area (Å²) in [7, 11) is -0.395. The topological polar surface area (TPSA) is 77.1 Å². The van der Waals surface area contributed by atoms with Gasteiger partial charge in [0.05, 0.1) is 18.6 Å². The molecular weight excluding hydrogens is 416 g/mol. The van der Waals surface area contributed by atoms with Gasteiger partial charge >= 0.3 is 0 Å². The van der Waals surface area contributed by atoms with E-state index in [0.29, 0.717) is 25.5 Å². The third kappa shape index (κ3) is 6.67. The summed E-state index contributed by atoms with van der Waals surface area (Å²) in [6.45, 7) is 3.13. The molecule has 1 atom stereocenters. The van der Waals surface area contributed by atoms with Crippen LogP contribution in [0, 0.1) is 0 Å². The number of likely N-dealkylation sites (tertiary alicyclic amines) is 1. The highest BCUT2D eigenvalue weighted by atomic mass is 32.2. The molecule has 1 aliphatic heterocycles. The van der Waals surface area contributed by atoms with Gasteiger partial charge in [0.25, 0.3) is 0 Å². The molecule has 7 nitrogen and oxygen atoms in total. The van der Waals surface area contributed by atoms with Crippen molar-refractivity contribution in [3.05, 3.63) is 54.1 Å². The molecule has 0 amide bonds. The van der Waals surface area contributed by atoms with Crippen molar-refractivity contribution in [2.75, 3.05) is 47.1 Å². The van der Waals surface area contributed by atoms with E-state index in [1.807, 2.05) is 24.3 Å². The maximum absolute atomic E-state index is 12.9. The average Bonchev–Trinajstić information content (AvgIpc) is 2.81. The predicted octanol–water partition coefficient (Wildman–Crippen LogP) is 3.23. The van der Waals surface area contributed by atoms with E-state index in [4.69, 9.17) is 14.2 Å². The van der Waals surface area contributed by atoms with E-state index in [0.717, 1.165) is 37.2 Å². The molecule has 0 spiro atoms. The fourth-order valence-corrected chi connectivity index (χ4v) is 4.78. The van der Waals surface area contributed by atoms with E-state index >= 15 is 0 Å². The summed E-state index contributed by atoms with van der Waals surface area (Å²) in [6, 6.07) is 14.3. The Balaban J connectivity index is 1.70. The van der Waals surface area contributed by atoms with E-state index < -0.39 is 10.0 Å².